The van der Waals surface area contributed by atoms with Gasteiger partial charge in [0.15, 0.2) is 0 Å². The Labute approximate surface area is 150 Å². The highest BCUT2D eigenvalue weighted by Gasteiger charge is 2.13. The predicted molar refractivity (Wildman–Crippen MR) is 95.4 cm³/mol. The topological polar surface area (TPSA) is 83.6 Å². The maximum absolute atomic E-state index is 12.0. The number of pyridine rings is 1. The molecule has 0 saturated carbocycles. The lowest BCUT2D eigenvalue weighted by molar-refractivity contribution is -0.143. The second-order valence-corrected chi connectivity index (χ2v) is 5.84. The average molecular weight is 347 g/mol. The molecule has 0 aliphatic rings. The van der Waals surface area contributed by atoms with Crippen LogP contribution in [0.5, 0.6) is 0 Å². The molecule has 0 bridgehead atoms. The monoisotopic (exact) mass is 347 g/mol. The fourth-order valence-corrected chi connectivity index (χ4v) is 2.58. The Kier molecular flexibility index (Phi) is 4.99. The number of aryl methyl sites for hydroxylation is 1. The first kappa shape index (κ1) is 17.2. The van der Waals surface area contributed by atoms with Crippen LogP contribution < -0.4 is 5.32 Å². The van der Waals surface area contributed by atoms with Gasteiger partial charge in [-0.15, -0.1) is 0 Å². The van der Waals surface area contributed by atoms with Crippen LogP contribution in [0.15, 0.2) is 54.9 Å². The minimum absolute atomic E-state index is 0.0240. The zero-order chi connectivity index (χ0) is 18.5. The van der Waals surface area contributed by atoms with Gasteiger partial charge in [-0.05, 0) is 31.2 Å². The first-order chi connectivity index (χ1) is 12.6. The summed E-state index contributed by atoms with van der Waals surface area (Å²) in [5, 5.41) is 11.9. The Hall–Kier alpha value is -3.59. The molecule has 0 aliphatic heterocycles. The summed E-state index contributed by atoms with van der Waals surface area (Å²) in [6, 6.07) is 14.7. The van der Waals surface area contributed by atoms with E-state index in [1.165, 1.54) is 0 Å². The van der Waals surface area contributed by atoms with E-state index in [0.29, 0.717) is 16.7 Å². The molecule has 0 aliphatic carbocycles. The van der Waals surface area contributed by atoms with Gasteiger partial charge in [-0.2, -0.15) is 5.26 Å². The molecule has 0 fully saturated rings. The van der Waals surface area contributed by atoms with Crippen LogP contribution in [0.3, 0.4) is 0 Å². The van der Waals surface area contributed by atoms with Gasteiger partial charge >= 0.3 is 5.97 Å². The number of fused-ring (bicyclic) bond motifs is 1. The van der Waals surface area contributed by atoms with Crippen LogP contribution >= 0.6 is 0 Å². The third-order valence-electron chi connectivity index (χ3n) is 3.97. The second kappa shape index (κ2) is 7.53. The van der Waals surface area contributed by atoms with Crippen LogP contribution in [0.1, 0.15) is 27.0 Å². The van der Waals surface area contributed by atoms with Crippen LogP contribution in [0.2, 0.25) is 0 Å². The Bertz CT molecular complexity index is 997. The molecule has 6 nitrogen and oxygen atoms in total. The van der Waals surface area contributed by atoms with E-state index in [2.05, 4.69) is 11.4 Å². The Morgan fingerprint density at radius 3 is 2.69 bits per heavy atom. The van der Waals surface area contributed by atoms with Gasteiger partial charge in [-0.1, -0.05) is 23.8 Å². The number of benzene rings is 1. The number of nitrogens with one attached hydrogen (secondary N) is 1. The van der Waals surface area contributed by atoms with Gasteiger partial charge < -0.3 is 14.5 Å². The highest BCUT2D eigenvalue weighted by atomic mass is 16.5. The molecule has 0 atom stereocenters. The van der Waals surface area contributed by atoms with Gasteiger partial charge in [-0.3, -0.25) is 9.59 Å². The van der Waals surface area contributed by atoms with Crippen LogP contribution in [-0.4, -0.2) is 22.8 Å². The van der Waals surface area contributed by atoms with Crippen LogP contribution in [-0.2, 0) is 16.1 Å². The lowest BCUT2D eigenvalue weighted by Gasteiger charge is -2.06. The number of nitriles is 1. The van der Waals surface area contributed by atoms with Crippen LogP contribution in [0.4, 0.5) is 0 Å². The molecule has 0 saturated heterocycles. The molecule has 3 aromatic rings. The lowest BCUT2D eigenvalue weighted by Crippen LogP contribution is -2.30. The number of carbonyl (C=O) groups is 2. The number of hydrogen-bond donors (Lipinski definition) is 1. The maximum atomic E-state index is 12.0. The number of ether oxygens (including phenoxy) is 1. The van der Waals surface area contributed by atoms with Gasteiger partial charge in [0.2, 0.25) is 0 Å². The molecule has 2 heterocycles. The fourth-order valence-electron chi connectivity index (χ4n) is 2.58. The summed E-state index contributed by atoms with van der Waals surface area (Å²) in [6.07, 6.45) is 3.58. The van der Waals surface area contributed by atoms with Crippen molar-refractivity contribution in [2.75, 3.05) is 6.54 Å². The van der Waals surface area contributed by atoms with Gasteiger partial charge in [-0.25, -0.2) is 0 Å². The SMILES string of the molecule is Cc1ccc(C(=O)NCC(=O)OCc2cn3ccccc3c2C#N)cc1. The van der Waals surface area contributed by atoms with E-state index in [9.17, 15) is 14.9 Å². The summed E-state index contributed by atoms with van der Waals surface area (Å²) in [6.45, 7) is 1.67. The fraction of sp³-hybridized carbons (Fsp3) is 0.150. The summed E-state index contributed by atoms with van der Waals surface area (Å²) in [7, 11) is 0. The molecule has 1 aromatic carbocycles. The molecule has 6 heteroatoms. The molecule has 1 amide bonds. The molecule has 0 unspecified atom stereocenters. The highest BCUT2D eigenvalue weighted by molar-refractivity contribution is 5.95. The predicted octanol–water partition coefficient (Wildman–Crippen LogP) is 2.59. The van der Waals surface area contributed by atoms with E-state index in [1.807, 2.05) is 43.5 Å². The number of esters is 1. The zero-order valence-corrected chi connectivity index (χ0v) is 14.2. The first-order valence-electron chi connectivity index (χ1n) is 8.07. The number of rotatable bonds is 5. The number of nitrogens with zero attached hydrogens (tertiary/aromatic N) is 2. The lowest BCUT2D eigenvalue weighted by atomic mass is 10.1. The van der Waals surface area contributed by atoms with Gasteiger partial charge in [0.05, 0.1) is 11.1 Å². The third-order valence-corrected chi connectivity index (χ3v) is 3.97. The largest absolute Gasteiger partial charge is 0.459 e. The summed E-state index contributed by atoms with van der Waals surface area (Å²) >= 11 is 0. The molecule has 26 heavy (non-hydrogen) atoms. The van der Waals surface area contributed by atoms with E-state index in [1.54, 1.807) is 22.7 Å². The van der Waals surface area contributed by atoms with Crippen molar-refractivity contribution in [2.45, 2.75) is 13.5 Å². The van der Waals surface area contributed by atoms with Crippen molar-refractivity contribution in [1.29, 1.82) is 5.26 Å². The van der Waals surface area contributed by atoms with Crippen molar-refractivity contribution in [3.05, 3.63) is 77.1 Å². The molecule has 130 valence electrons. The van der Waals surface area contributed by atoms with Crippen molar-refractivity contribution in [1.82, 2.24) is 9.72 Å². The van der Waals surface area contributed by atoms with E-state index in [-0.39, 0.29) is 19.1 Å². The minimum Gasteiger partial charge on any atom is -0.459 e. The Balaban J connectivity index is 1.57. The summed E-state index contributed by atoms with van der Waals surface area (Å²) in [5.74, 6) is -0.904. The second-order valence-electron chi connectivity index (χ2n) is 5.84. The Morgan fingerprint density at radius 1 is 1.19 bits per heavy atom. The number of carbonyl (C=O) groups excluding carboxylic acids is 2. The van der Waals surface area contributed by atoms with Crippen molar-refractivity contribution < 1.29 is 14.3 Å². The summed E-state index contributed by atoms with van der Waals surface area (Å²) < 4.78 is 6.99. The first-order valence-corrected chi connectivity index (χ1v) is 8.07. The average Bonchev–Trinajstić information content (AvgIpc) is 3.02. The number of amides is 1. The van der Waals surface area contributed by atoms with Crippen molar-refractivity contribution >= 4 is 17.4 Å². The normalized spacial score (nSPS) is 10.3. The number of hydrogen-bond acceptors (Lipinski definition) is 4. The van der Waals surface area contributed by atoms with Gasteiger partial charge in [0.1, 0.15) is 19.2 Å². The highest BCUT2D eigenvalue weighted by Crippen LogP contribution is 2.18. The smallest absolute Gasteiger partial charge is 0.325 e. The van der Waals surface area contributed by atoms with E-state index in [0.717, 1.165) is 11.1 Å². The summed E-state index contributed by atoms with van der Waals surface area (Å²) in [4.78, 5) is 23.9. The summed E-state index contributed by atoms with van der Waals surface area (Å²) in [5.41, 5.74) is 3.38. The van der Waals surface area contributed by atoms with E-state index >= 15 is 0 Å². The van der Waals surface area contributed by atoms with Crippen molar-refractivity contribution in [3.8, 4) is 6.07 Å². The minimum atomic E-state index is -0.565. The Morgan fingerprint density at radius 2 is 1.96 bits per heavy atom. The third kappa shape index (κ3) is 3.73. The van der Waals surface area contributed by atoms with Gasteiger partial charge in [0.25, 0.3) is 5.91 Å². The molecule has 0 radical (unpaired) electrons. The molecular formula is C20H17N3O3. The molecule has 1 N–H and O–H groups in total. The molecule has 0 spiro atoms. The number of aromatic nitrogens is 1. The molecular weight excluding hydrogens is 330 g/mol. The van der Waals surface area contributed by atoms with E-state index in [4.69, 9.17) is 4.74 Å². The van der Waals surface area contributed by atoms with Crippen LogP contribution in [0.25, 0.3) is 5.52 Å². The van der Waals surface area contributed by atoms with Crippen molar-refractivity contribution in [3.63, 3.8) is 0 Å². The van der Waals surface area contributed by atoms with Gasteiger partial charge in [0, 0.05) is 23.5 Å². The zero-order valence-electron chi connectivity index (χ0n) is 14.2. The van der Waals surface area contributed by atoms with E-state index < -0.39 is 5.97 Å². The van der Waals surface area contributed by atoms with Crippen molar-refractivity contribution in [2.24, 2.45) is 0 Å². The standard InChI is InChI=1S/C20H17N3O3/c1-14-5-7-15(8-6-14)20(25)22-11-19(24)26-13-16-12-23-9-3-2-4-18(23)17(16)10-21/h2-9,12H,11,13H2,1H3,(H,22,25). The van der Waals surface area contributed by atoms with Crippen LogP contribution in [0, 0.1) is 18.3 Å². The maximum Gasteiger partial charge on any atom is 0.325 e. The molecule has 2 aromatic heterocycles. The quantitative estimate of drug-likeness (QED) is 0.719. The molecule has 3 rings (SSSR count).